The van der Waals surface area contributed by atoms with Gasteiger partial charge in [0.15, 0.2) is 0 Å². The van der Waals surface area contributed by atoms with E-state index in [1.54, 1.807) is 0 Å². The summed E-state index contributed by atoms with van der Waals surface area (Å²) in [6.07, 6.45) is 6.78. The molecule has 3 atom stereocenters. The highest BCUT2D eigenvalue weighted by Gasteiger charge is 2.35. The summed E-state index contributed by atoms with van der Waals surface area (Å²) in [5.41, 5.74) is 5.32. The molecule has 0 bridgehead atoms. The summed E-state index contributed by atoms with van der Waals surface area (Å²) in [6.45, 7) is 4.72. The summed E-state index contributed by atoms with van der Waals surface area (Å²) in [6, 6.07) is 12.8. The van der Waals surface area contributed by atoms with Gasteiger partial charge in [-0.1, -0.05) is 36.8 Å². The Morgan fingerprint density at radius 2 is 1.63 bits per heavy atom. The Labute approximate surface area is 117 Å². The molecule has 0 amide bonds. The zero-order valence-electron chi connectivity index (χ0n) is 12.2. The summed E-state index contributed by atoms with van der Waals surface area (Å²) in [5.74, 6) is 0.837. The van der Waals surface area contributed by atoms with Gasteiger partial charge in [-0.3, -0.25) is 0 Å². The molecule has 104 valence electrons. The minimum absolute atomic E-state index is 0.518. The van der Waals surface area contributed by atoms with Gasteiger partial charge in [0.2, 0.25) is 0 Å². The number of rotatable bonds is 4. The second-order valence-corrected chi connectivity index (χ2v) is 6.39. The summed E-state index contributed by atoms with van der Waals surface area (Å²) in [4.78, 5) is 0. The largest absolute Gasteiger partial charge is 0.247 e. The van der Waals surface area contributed by atoms with E-state index >= 15 is 0 Å². The highest BCUT2D eigenvalue weighted by Crippen LogP contribution is 2.41. The Morgan fingerprint density at radius 1 is 1.00 bits per heavy atom. The predicted molar refractivity (Wildman–Crippen MR) is 79.7 cm³/mol. The van der Waals surface area contributed by atoms with Gasteiger partial charge in [-0.05, 0) is 51.0 Å². The van der Waals surface area contributed by atoms with Crippen molar-refractivity contribution in [3.8, 4) is 0 Å². The lowest BCUT2D eigenvalue weighted by Gasteiger charge is -2.41. The maximum absolute atomic E-state index is 3.87. The molecule has 19 heavy (non-hydrogen) atoms. The second-order valence-electron chi connectivity index (χ2n) is 6.39. The SMILES string of the molecule is CC1CCCC(C)N1NC(c1ccccc1)C1CC1. The van der Waals surface area contributed by atoms with E-state index < -0.39 is 0 Å². The smallest absolute Gasteiger partial charge is 0.0493 e. The van der Waals surface area contributed by atoms with Gasteiger partial charge >= 0.3 is 0 Å². The number of hydrogen-bond acceptors (Lipinski definition) is 2. The molecule has 3 unspecified atom stereocenters. The molecular formula is C17H26N2. The summed E-state index contributed by atoms with van der Waals surface area (Å²) < 4.78 is 0. The molecular weight excluding hydrogens is 232 g/mol. The van der Waals surface area contributed by atoms with Gasteiger partial charge in [-0.25, -0.2) is 10.4 Å². The molecule has 1 aliphatic heterocycles. The van der Waals surface area contributed by atoms with E-state index in [0.29, 0.717) is 18.1 Å². The second kappa shape index (κ2) is 5.64. The molecule has 2 nitrogen and oxygen atoms in total. The third kappa shape index (κ3) is 3.01. The van der Waals surface area contributed by atoms with Crippen molar-refractivity contribution in [3.63, 3.8) is 0 Å². The van der Waals surface area contributed by atoms with Crippen molar-refractivity contribution in [2.24, 2.45) is 5.92 Å². The van der Waals surface area contributed by atoms with Crippen LogP contribution < -0.4 is 5.43 Å². The van der Waals surface area contributed by atoms with Crippen LogP contribution in [-0.4, -0.2) is 17.1 Å². The van der Waals surface area contributed by atoms with Gasteiger partial charge < -0.3 is 0 Å². The Morgan fingerprint density at radius 3 is 2.21 bits per heavy atom. The zero-order valence-corrected chi connectivity index (χ0v) is 12.2. The van der Waals surface area contributed by atoms with Gasteiger partial charge in [0.25, 0.3) is 0 Å². The molecule has 1 saturated carbocycles. The van der Waals surface area contributed by atoms with Crippen LogP contribution in [0, 0.1) is 5.92 Å². The van der Waals surface area contributed by atoms with E-state index in [4.69, 9.17) is 0 Å². The third-order valence-corrected chi connectivity index (χ3v) is 4.73. The molecule has 1 aromatic carbocycles. The van der Waals surface area contributed by atoms with Gasteiger partial charge in [0, 0.05) is 18.1 Å². The lowest BCUT2D eigenvalue weighted by molar-refractivity contribution is 0.0251. The Kier molecular flexibility index (Phi) is 3.90. The molecule has 1 aromatic rings. The van der Waals surface area contributed by atoms with Crippen molar-refractivity contribution < 1.29 is 0 Å². The normalized spacial score (nSPS) is 30.2. The highest BCUT2D eigenvalue weighted by atomic mass is 15.5. The van der Waals surface area contributed by atoms with Crippen LogP contribution in [0.4, 0.5) is 0 Å². The first-order chi connectivity index (χ1) is 9.25. The van der Waals surface area contributed by atoms with Gasteiger partial charge in [0.05, 0.1) is 0 Å². The fourth-order valence-electron chi connectivity index (χ4n) is 3.38. The maximum Gasteiger partial charge on any atom is 0.0493 e. The maximum atomic E-state index is 3.87. The first-order valence-corrected chi connectivity index (χ1v) is 7.85. The number of piperidine rings is 1. The van der Waals surface area contributed by atoms with Gasteiger partial charge in [0.1, 0.15) is 0 Å². The van der Waals surface area contributed by atoms with E-state index in [1.807, 2.05) is 0 Å². The molecule has 1 N–H and O–H groups in total. The number of nitrogens with zero attached hydrogens (tertiary/aromatic N) is 1. The fraction of sp³-hybridized carbons (Fsp3) is 0.647. The monoisotopic (exact) mass is 258 g/mol. The van der Waals surface area contributed by atoms with Crippen molar-refractivity contribution in [2.45, 2.75) is 64.1 Å². The lowest BCUT2D eigenvalue weighted by atomic mass is 9.98. The van der Waals surface area contributed by atoms with E-state index in [0.717, 1.165) is 5.92 Å². The topological polar surface area (TPSA) is 15.3 Å². The van der Waals surface area contributed by atoms with Crippen LogP contribution in [0.3, 0.4) is 0 Å². The minimum Gasteiger partial charge on any atom is -0.247 e. The van der Waals surface area contributed by atoms with Crippen molar-refractivity contribution in [1.29, 1.82) is 0 Å². The Hall–Kier alpha value is -0.860. The molecule has 1 heterocycles. The first kappa shape index (κ1) is 13.1. The third-order valence-electron chi connectivity index (χ3n) is 4.73. The van der Waals surface area contributed by atoms with Crippen LogP contribution >= 0.6 is 0 Å². The van der Waals surface area contributed by atoms with Crippen LogP contribution in [0.5, 0.6) is 0 Å². The number of hydrogen-bond donors (Lipinski definition) is 1. The number of hydrazine groups is 1. The Balaban J connectivity index is 1.74. The van der Waals surface area contributed by atoms with E-state index in [2.05, 4.69) is 54.6 Å². The van der Waals surface area contributed by atoms with E-state index in [9.17, 15) is 0 Å². The number of benzene rings is 1. The minimum atomic E-state index is 0.518. The van der Waals surface area contributed by atoms with Crippen LogP contribution in [0.2, 0.25) is 0 Å². The quantitative estimate of drug-likeness (QED) is 0.881. The lowest BCUT2D eigenvalue weighted by Crippen LogP contribution is -2.53. The van der Waals surface area contributed by atoms with E-state index in [-0.39, 0.29) is 0 Å². The molecule has 2 fully saturated rings. The van der Waals surface area contributed by atoms with Crippen LogP contribution in [0.15, 0.2) is 30.3 Å². The van der Waals surface area contributed by atoms with Crippen LogP contribution in [0.1, 0.15) is 57.6 Å². The molecule has 1 saturated heterocycles. The van der Waals surface area contributed by atoms with Crippen molar-refractivity contribution in [3.05, 3.63) is 35.9 Å². The average molecular weight is 258 g/mol. The molecule has 2 aliphatic rings. The highest BCUT2D eigenvalue weighted by molar-refractivity contribution is 5.21. The molecule has 1 aliphatic carbocycles. The standard InChI is InChI=1S/C17H26N2/c1-13-7-6-8-14(2)19(13)18-17(16-11-12-16)15-9-4-3-5-10-15/h3-5,9-10,13-14,16-18H,6-8,11-12H2,1-2H3. The first-order valence-electron chi connectivity index (χ1n) is 7.85. The van der Waals surface area contributed by atoms with E-state index in [1.165, 1.54) is 37.7 Å². The molecule has 0 radical (unpaired) electrons. The molecule has 3 rings (SSSR count). The summed E-state index contributed by atoms with van der Waals surface area (Å²) in [7, 11) is 0. The molecule has 0 spiro atoms. The predicted octanol–water partition coefficient (Wildman–Crippen LogP) is 3.91. The fourth-order valence-corrected chi connectivity index (χ4v) is 3.38. The van der Waals surface area contributed by atoms with Gasteiger partial charge in [-0.15, -0.1) is 0 Å². The molecule has 0 aromatic heterocycles. The zero-order chi connectivity index (χ0) is 13.2. The molecule has 2 heteroatoms. The van der Waals surface area contributed by atoms with Gasteiger partial charge in [-0.2, -0.15) is 0 Å². The summed E-state index contributed by atoms with van der Waals surface area (Å²) >= 11 is 0. The van der Waals surface area contributed by atoms with Crippen molar-refractivity contribution in [1.82, 2.24) is 10.4 Å². The van der Waals surface area contributed by atoms with Crippen molar-refractivity contribution in [2.75, 3.05) is 0 Å². The average Bonchev–Trinajstić information content (AvgIpc) is 3.24. The van der Waals surface area contributed by atoms with Crippen LogP contribution in [-0.2, 0) is 0 Å². The van der Waals surface area contributed by atoms with Crippen LogP contribution in [0.25, 0.3) is 0 Å². The Bertz CT molecular complexity index is 389. The van der Waals surface area contributed by atoms with Crippen molar-refractivity contribution >= 4 is 0 Å². The summed E-state index contributed by atoms with van der Waals surface area (Å²) in [5, 5.41) is 2.53. The number of nitrogens with one attached hydrogen (secondary N) is 1.